The summed E-state index contributed by atoms with van der Waals surface area (Å²) in [5.74, 6) is 0.267. The predicted molar refractivity (Wildman–Crippen MR) is 140 cm³/mol. The Hall–Kier alpha value is -4.11. The molecule has 9 heteroatoms. The van der Waals surface area contributed by atoms with Crippen LogP contribution in [0.25, 0.3) is 5.82 Å². The molecule has 2 N–H and O–H groups in total. The summed E-state index contributed by atoms with van der Waals surface area (Å²) >= 11 is 5.73. The molecule has 1 aliphatic heterocycles. The minimum atomic E-state index is -0.351. The standard InChI is InChI=1S/C27H25FN6OS/c1-18-7-12-23(30-17-18)33-15-4-6-22(33)26-25(21-5-2-3-14-29-21)32-27(36)34(26)16-13-24(35)31-20-10-8-19(28)9-11-20/h2-12,14-15,17,25-26H,13,16H2,1H3,(H,31,35)(H,32,36). The van der Waals surface area contributed by atoms with Crippen LogP contribution in [-0.4, -0.2) is 37.0 Å². The third-order valence-corrected chi connectivity index (χ3v) is 6.48. The van der Waals surface area contributed by atoms with E-state index in [9.17, 15) is 9.18 Å². The zero-order valence-corrected chi connectivity index (χ0v) is 20.5. The van der Waals surface area contributed by atoms with Crippen molar-refractivity contribution in [1.82, 2.24) is 24.8 Å². The number of benzene rings is 1. The topological polar surface area (TPSA) is 75.1 Å². The van der Waals surface area contributed by atoms with Crippen LogP contribution in [0.15, 0.2) is 85.3 Å². The molecule has 4 heterocycles. The molecule has 0 radical (unpaired) electrons. The van der Waals surface area contributed by atoms with E-state index in [0.29, 0.717) is 17.3 Å². The van der Waals surface area contributed by atoms with Crippen LogP contribution in [0.1, 0.15) is 35.5 Å². The molecule has 4 aromatic rings. The van der Waals surface area contributed by atoms with E-state index in [4.69, 9.17) is 12.2 Å². The van der Waals surface area contributed by atoms with Crippen molar-refractivity contribution in [3.63, 3.8) is 0 Å². The summed E-state index contributed by atoms with van der Waals surface area (Å²) in [4.78, 5) is 23.9. The van der Waals surface area contributed by atoms with Crippen molar-refractivity contribution in [2.24, 2.45) is 0 Å². The molecule has 182 valence electrons. The van der Waals surface area contributed by atoms with Crippen molar-refractivity contribution in [2.45, 2.75) is 25.4 Å². The minimum absolute atomic E-state index is 0.181. The highest BCUT2D eigenvalue weighted by Gasteiger charge is 2.41. The summed E-state index contributed by atoms with van der Waals surface area (Å²) in [5, 5.41) is 6.78. The number of aromatic nitrogens is 3. The summed E-state index contributed by atoms with van der Waals surface area (Å²) in [6.45, 7) is 2.39. The number of pyridine rings is 2. The van der Waals surface area contributed by atoms with Gasteiger partial charge in [-0.25, -0.2) is 9.37 Å². The van der Waals surface area contributed by atoms with Crippen LogP contribution < -0.4 is 10.6 Å². The summed E-state index contributed by atoms with van der Waals surface area (Å²) in [5.41, 5.74) is 3.46. The molecule has 3 aromatic heterocycles. The number of carbonyl (C=O) groups is 1. The molecule has 1 aliphatic rings. The van der Waals surface area contributed by atoms with E-state index in [1.807, 2.05) is 71.2 Å². The van der Waals surface area contributed by atoms with Gasteiger partial charge in [0.1, 0.15) is 11.6 Å². The normalized spacial score (nSPS) is 17.2. The number of nitrogens with zero attached hydrogens (tertiary/aromatic N) is 4. The second-order valence-corrected chi connectivity index (χ2v) is 9.01. The number of amides is 1. The van der Waals surface area contributed by atoms with Crippen LogP contribution in [0.3, 0.4) is 0 Å². The van der Waals surface area contributed by atoms with Gasteiger partial charge >= 0.3 is 0 Å². The molecule has 7 nitrogen and oxygen atoms in total. The number of hydrogen-bond donors (Lipinski definition) is 2. The molecular weight excluding hydrogens is 475 g/mol. The van der Waals surface area contributed by atoms with Crippen LogP contribution in [0.4, 0.5) is 10.1 Å². The molecular formula is C27H25FN6OS. The van der Waals surface area contributed by atoms with Crippen LogP contribution in [0.5, 0.6) is 0 Å². The zero-order valence-electron chi connectivity index (χ0n) is 19.6. The molecule has 0 aliphatic carbocycles. The number of anilines is 1. The second-order valence-electron chi connectivity index (χ2n) is 8.62. The van der Waals surface area contributed by atoms with E-state index < -0.39 is 0 Å². The van der Waals surface area contributed by atoms with Gasteiger partial charge < -0.3 is 20.1 Å². The van der Waals surface area contributed by atoms with Gasteiger partial charge in [-0.2, -0.15) is 0 Å². The lowest BCUT2D eigenvalue weighted by molar-refractivity contribution is -0.116. The Labute approximate surface area is 214 Å². The molecule has 0 spiro atoms. The van der Waals surface area contributed by atoms with Crippen LogP contribution >= 0.6 is 12.2 Å². The highest BCUT2D eigenvalue weighted by atomic mass is 32.1. The number of carbonyl (C=O) groups excluding carboxylic acids is 1. The first-order chi connectivity index (χ1) is 17.5. The third kappa shape index (κ3) is 4.96. The molecule has 2 unspecified atom stereocenters. The maximum absolute atomic E-state index is 13.2. The van der Waals surface area contributed by atoms with Crippen LogP contribution in [0, 0.1) is 12.7 Å². The summed E-state index contributed by atoms with van der Waals surface area (Å²) in [6, 6.07) is 19.1. The highest BCUT2D eigenvalue weighted by molar-refractivity contribution is 7.80. The molecule has 0 bridgehead atoms. The van der Waals surface area contributed by atoms with Gasteiger partial charge in [-0.05, 0) is 79.3 Å². The van der Waals surface area contributed by atoms with Crippen LogP contribution in [-0.2, 0) is 4.79 Å². The smallest absolute Gasteiger partial charge is 0.226 e. The quantitative estimate of drug-likeness (QED) is 0.358. The maximum atomic E-state index is 13.2. The summed E-state index contributed by atoms with van der Waals surface area (Å²) in [6.07, 6.45) is 5.78. The van der Waals surface area contributed by atoms with E-state index in [0.717, 1.165) is 22.8 Å². The van der Waals surface area contributed by atoms with E-state index in [-0.39, 0.29) is 30.2 Å². The van der Waals surface area contributed by atoms with Crippen molar-refractivity contribution >= 4 is 28.9 Å². The average Bonchev–Trinajstić information content (AvgIpc) is 3.49. The largest absolute Gasteiger partial charge is 0.352 e. The molecule has 2 atom stereocenters. The number of aryl methyl sites for hydroxylation is 1. The van der Waals surface area contributed by atoms with Gasteiger partial charge in [0.15, 0.2) is 5.11 Å². The summed E-state index contributed by atoms with van der Waals surface area (Å²) < 4.78 is 15.2. The minimum Gasteiger partial charge on any atom is -0.352 e. The van der Waals surface area contributed by atoms with Crippen molar-refractivity contribution < 1.29 is 9.18 Å². The van der Waals surface area contributed by atoms with Crippen LogP contribution in [0.2, 0.25) is 0 Å². The molecule has 0 saturated carbocycles. The number of hydrogen-bond acceptors (Lipinski definition) is 4. The average molecular weight is 501 g/mol. The Morgan fingerprint density at radius 3 is 2.64 bits per heavy atom. The molecule has 1 fully saturated rings. The lowest BCUT2D eigenvalue weighted by atomic mass is 10.0. The number of halogens is 1. The van der Waals surface area contributed by atoms with Gasteiger partial charge in [-0.1, -0.05) is 12.1 Å². The number of thiocarbonyl (C=S) groups is 1. The van der Waals surface area contributed by atoms with Crippen molar-refractivity contribution in [1.29, 1.82) is 0 Å². The third-order valence-electron chi connectivity index (χ3n) is 6.13. The van der Waals surface area contributed by atoms with Crippen molar-refractivity contribution in [2.75, 3.05) is 11.9 Å². The fourth-order valence-corrected chi connectivity index (χ4v) is 4.72. The zero-order chi connectivity index (χ0) is 25.1. The molecule has 5 rings (SSSR count). The fraction of sp³-hybridized carbons (Fsp3) is 0.185. The Morgan fingerprint density at radius 2 is 1.92 bits per heavy atom. The first-order valence-corrected chi connectivity index (χ1v) is 12.0. The SMILES string of the molecule is Cc1ccc(-n2cccc2C2C(c3ccccn3)NC(=S)N2CCC(=O)Nc2ccc(F)cc2)nc1. The van der Waals surface area contributed by atoms with Gasteiger partial charge in [0.05, 0.1) is 17.8 Å². The van der Waals surface area contributed by atoms with Crippen molar-refractivity contribution in [3.8, 4) is 5.82 Å². The van der Waals surface area contributed by atoms with Gasteiger partial charge in [0.2, 0.25) is 5.91 Å². The molecule has 1 amide bonds. The molecule has 1 aromatic carbocycles. The van der Waals surface area contributed by atoms with E-state index in [2.05, 4.69) is 20.6 Å². The monoisotopic (exact) mass is 500 g/mol. The van der Waals surface area contributed by atoms with E-state index in [1.165, 1.54) is 24.3 Å². The Morgan fingerprint density at radius 1 is 1.08 bits per heavy atom. The first-order valence-electron chi connectivity index (χ1n) is 11.6. The fourth-order valence-electron chi connectivity index (χ4n) is 4.39. The van der Waals surface area contributed by atoms with E-state index >= 15 is 0 Å². The Bertz CT molecular complexity index is 1360. The van der Waals surface area contributed by atoms with Gasteiger partial charge in [0, 0.05) is 42.9 Å². The van der Waals surface area contributed by atoms with E-state index in [1.54, 1.807) is 6.20 Å². The van der Waals surface area contributed by atoms with Gasteiger partial charge in [-0.15, -0.1) is 0 Å². The Kier molecular flexibility index (Phi) is 6.73. The highest BCUT2D eigenvalue weighted by Crippen LogP contribution is 2.39. The molecule has 1 saturated heterocycles. The number of rotatable bonds is 7. The van der Waals surface area contributed by atoms with Gasteiger partial charge in [0.25, 0.3) is 0 Å². The van der Waals surface area contributed by atoms with Gasteiger partial charge in [-0.3, -0.25) is 9.78 Å². The lowest BCUT2D eigenvalue weighted by Crippen LogP contribution is -2.33. The van der Waals surface area contributed by atoms with Crippen molar-refractivity contribution in [3.05, 3.63) is 108 Å². The first kappa shape index (κ1) is 23.6. The summed E-state index contributed by atoms with van der Waals surface area (Å²) in [7, 11) is 0. The number of nitrogens with one attached hydrogen (secondary N) is 2. The predicted octanol–water partition coefficient (Wildman–Crippen LogP) is 4.72. The Balaban J connectivity index is 1.43. The molecule has 36 heavy (non-hydrogen) atoms. The second kappa shape index (κ2) is 10.2. The maximum Gasteiger partial charge on any atom is 0.226 e. The lowest BCUT2D eigenvalue weighted by Gasteiger charge is -2.28.